The molecule has 140 valence electrons. The largest absolute Gasteiger partial charge is 0.490 e. The highest BCUT2D eigenvalue weighted by Crippen LogP contribution is 2.42. The van der Waals surface area contributed by atoms with Crippen LogP contribution in [0, 0.1) is 0 Å². The predicted octanol–water partition coefficient (Wildman–Crippen LogP) is 4.73. The van der Waals surface area contributed by atoms with Crippen LogP contribution in [0.3, 0.4) is 0 Å². The lowest BCUT2D eigenvalue weighted by Gasteiger charge is -2.16. The first kappa shape index (κ1) is 17.6. The monoisotopic (exact) mass is 356 g/mol. The molecule has 4 nitrogen and oxygen atoms in total. The third kappa shape index (κ3) is 2.95. The number of rotatable bonds is 8. The highest BCUT2D eigenvalue weighted by Gasteiger charge is 2.53. The molecule has 0 spiro atoms. The van der Waals surface area contributed by atoms with Crippen molar-refractivity contribution in [1.29, 1.82) is 0 Å². The van der Waals surface area contributed by atoms with E-state index in [0.29, 0.717) is 13.2 Å². The normalized spacial score (nSPS) is 32.5. The van der Waals surface area contributed by atoms with Gasteiger partial charge >= 0.3 is 0 Å². The Balaban J connectivity index is 1.53. The molecule has 0 aromatic heterocycles. The minimum Gasteiger partial charge on any atom is -0.490 e. The van der Waals surface area contributed by atoms with Gasteiger partial charge in [0, 0.05) is 10.8 Å². The van der Waals surface area contributed by atoms with Gasteiger partial charge in [-0.3, -0.25) is 0 Å². The van der Waals surface area contributed by atoms with Crippen molar-refractivity contribution in [1.82, 2.24) is 0 Å². The molecule has 4 rings (SSSR count). The summed E-state index contributed by atoms with van der Waals surface area (Å²) in [5.41, 5.74) is -0.244. The van der Waals surface area contributed by atoms with Gasteiger partial charge in [0.2, 0.25) is 0 Å². The van der Waals surface area contributed by atoms with Crippen LogP contribution >= 0.6 is 0 Å². The van der Waals surface area contributed by atoms with Gasteiger partial charge in [0.05, 0.1) is 12.2 Å². The quantitative estimate of drug-likeness (QED) is 0.641. The maximum absolute atomic E-state index is 6.15. The molecule has 0 amide bonds. The van der Waals surface area contributed by atoms with Crippen LogP contribution in [0.2, 0.25) is 0 Å². The molecular weight excluding hydrogens is 328 g/mol. The molecule has 4 atom stereocenters. The summed E-state index contributed by atoms with van der Waals surface area (Å²) < 4.78 is 23.8. The number of hydrogen-bond acceptors (Lipinski definition) is 4. The third-order valence-corrected chi connectivity index (χ3v) is 6.17. The van der Waals surface area contributed by atoms with Crippen LogP contribution in [0.5, 0.6) is 11.5 Å². The summed E-state index contributed by atoms with van der Waals surface area (Å²) in [7, 11) is 0. The zero-order valence-electron chi connectivity index (χ0n) is 16.1. The van der Waals surface area contributed by atoms with Gasteiger partial charge in [0.15, 0.2) is 0 Å². The summed E-state index contributed by atoms with van der Waals surface area (Å²) in [6.45, 7) is 9.66. The summed E-state index contributed by atoms with van der Waals surface area (Å²) in [4.78, 5) is 0. The summed E-state index contributed by atoms with van der Waals surface area (Å²) >= 11 is 0. The van der Waals surface area contributed by atoms with E-state index in [1.54, 1.807) is 0 Å². The van der Waals surface area contributed by atoms with E-state index in [4.69, 9.17) is 18.9 Å². The molecule has 26 heavy (non-hydrogen) atoms. The van der Waals surface area contributed by atoms with Gasteiger partial charge in [-0.15, -0.1) is 0 Å². The second-order valence-electron chi connectivity index (χ2n) is 7.54. The van der Waals surface area contributed by atoms with E-state index in [9.17, 15) is 0 Å². The fourth-order valence-electron chi connectivity index (χ4n) is 3.79. The molecule has 0 bridgehead atoms. The summed E-state index contributed by atoms with van der Waals surface area (Å²) in [6.07, 6.45) is 2.47. The van der Waals surface area contributed by atoms with Gasteiger partial charge in [-0.05, 0) is 38.8 Å². The van der Waals surface area contributed by atoms with E-state index in [0.717, 1.165) is 35.1 Å². The van der Waals surface area contributed by atoms with Gasteiger partial charge in [-0.1, -0.05) is 38.1 Å². The maximum Gasteiger partial charge on any atom is 0.128 e. The Morgan fingerprint density at radius 3 is 1.46 bits per heavy atom. The van der Waals surface area contributed by atoms with Crippen molar-refractivity contribution in [3.8, 4) is 11.5 Å². The Hall–Kier alpha value is -1.78. The first-order chi connectivity index (χ1) is 12.5. The molecule has 2 aliphatic heterocycles. The van der Waals surface area contributed by atoms with Crippen molar-refractivity contribution < 1.29 is 18.9 Å². The third-order valence-electron chi connectivity index (χ3n) is 6.17. The van der Waals surface area contributed by atoms with Crippen LogP contribution in [-0.2, 0) is 9.47 Å². The first-order valence-electron chi connectivity index (χ1n) is 9.66. The molecule has 0 N–H and O–H groups in total. The summed E-state index contributed by atoms with van der Waals surface area (Å²) in [6, 6.07) is 12.2. The standard InChI is InChI=1S/C22H28O4/c1-5-21(15(3)25-21)13-23-19-11-7-10-18-17(19)9-8-12-20(18)24-14-22(6-2)16(4)26-22/h7-12,15-16H,5-6,13-14H2,1-4H3. The second-order valence-corrected chi connectivity index (χ2v) is 7.54. The van der Waals surface area contributed by atoms with Crippen molar-refractivity contribution >= 4 is 10.8 Å². The molecule has 2 aromatic rings. The average molecular weight is 356 g/mol. The zero-order valence-corrected chi connectivity index (χ0v) is 16.1. The van der Waals surface area contributed by atoms with Gasteiger partial charge < -0.3 is 18.9 Å². The Morgan fingerprint density at radius 2 is 1.15 bits per heavy atom. The van der Waals surface area contributed by atoms with Crippen LogP contribution in [-0.4, -0.2) is 36.6 Å². The minimum absolute atomic E-state index is 0.122. The molecule has 2 saturated heterocycles. The molecule has 2 fully saturated rings. The van der Waals surface area contributed by atoms with Crippen LogP contribution in [0.1, 0.15) is 40.5 Å². The van der Waals surface area contributed by atoms with Crippen LogP contribution < -0.4 is 9.47 Å². The molecular formula is C22H28O4. The highest BCUT2D eigenvalue weighted by molar-refractivity contribution is 5.93. The van der Waals surface area contributed by atoms with E-state index in [1.165, 1.54) is 0 Å². The first-order valence-corrected chi connectivity index (χ1v) is 9.66. The molecule has 2 aromatic carbocycles. The fraction of sp³-hybridized carbons (Fsp3) is 0.545. The van der Waals surface area contributed by atoms with E-state index in [-0.39, 0.29) is 23.4 Å². The van der Waals surface area contributed by atoms with E-state index < -0.39 is 0 Å². The maximum atomic E-state index is 6.15. The minimum atomic E-state index is -0.122. The van der Waals surface area contributed by atoms with Crippen molar-refractivity contribution in [3.05, 3.63) is 36.4 Å². The predicted molar refractivity (Wildman–Crippen MR) is 102 cm³/mol. The molecule has 4 heteroatoms. The lowest BCUT2D eigenvalue weighted by Crippen LogP contribution is -2.23. The molecule has 2 heterocycles. The van der Waals surface area contributed by atoms with Gasteiger partial charge in [-0.2, -0.15) is 0 Å². The topological polar surface area (TPSA) is 43.5 Å². The van der Waals surface area contributed by atoms with E-state index in [2.05, 4.69) is 39.8 Å². The van der Waals surface area contributed by atoms with E-state index in [1.807, 2.05) is 24.3 Å². The second kappa shape index (κ2) is 6.43. The van der Waals surface area contributed by atoms with Gasteiger partial charge in [0.25, 0.3) is 0 Å². The molecule has 0 aliphatic carbocycles. The van der Waals surface area contributed by atoms with Crippen LogP contribution in [0.4, 0.5) is 0 Å². The Morgan fingerprint density at radius 1 is 0.769 bits per heavy atom. The highest BCUT2D eigenvalue weighted by atomic mass is 16.6. The number of epoxide rings is 2. The summed E-state index contributed by atoms with van der Waals surface area (Å²) in [5.74, 6) is 1.76. The fourth-order valence-corrected chi connectivity index (χ4v) is 3.79. The van der Waals surface area contributed by atoms with Crippen LogP contribution in [0.15, 0.2) is 36.4 Å². The molecule has 4 unspecified atom stereocenters. The number of benzene rings is 2. The smallest absolute Gasteiger partial charge is 0.128 e. The number of ether oxygens (including phenoxy) is 4. The van der Waals surface area contributed by atoms with Gasteiger partial charge in [0.1, 0.15) is 35.9 Å². The summed E-state index contributed by atoms with van der Waals surface area (Å²) in [5, 5.41) is 2.14. The van der Waals surface area contributed by atoms with Crippen molar-refractivity contribution in [2.75, 3.05) is 13.2 Å². The van der Waals surface area contributed by atoms with Crippen molar-refractivity contribution in [2.24, 2.45) is 0 Å². The Bertz CT molecular complexity index is 729. The van der Waals surface area contributed by atoms with Gasteiger partial charge in [-0.25, -0.2) is 0 Å². The van der Waals surface area contributed by atoms with Crippen molar-refractivity contribution in [2.45, 2.75) is 63.9 Å². The Kier molecular flexibility index (Phi) is 4.36. The number of hydrogen-bond donors (Lipinski definition) is 0. The zero-order chi connectivity index (χ0) is 18.4. The Labute approximate surface area is 155 Å². The van der Waals surface area contributed by atoms with Crippen LogP contribution in [0.25, 0.3) is 10.8 Å². The lowest BCUT2D eigenvalue weighted by atomic mass is 10.0. The molecule has 0 radical (unpaired) electrons. The number of fused-ring (bicyclic) bond motifs is 1. The molecule has 2 aliphatic rings. The van der Waals surface area contributed by atoms with E-state index >= 15 is 0 Å². The van der Waals surface area contributed by atoms with Crippen molar-refractivity contribution in [3.63, 3.8) is 0 Å². The molecule has 0 saturated carbocycles. The average Bonchev–Trinajstić information content (AvgIpc) is 3.53. The SMILES string of the molecule is CCC1(COc2cccc3c(OCC4(CC)OC4C)cccc23)OC1C. The lowest BCUT2D eigenvalue weighted by molar-refractivity contribution is 0.184.